The second-order valence-corrected chi connectivity index (χ2v) is 7.10. The molecule has 3 rings (SSSR count). The molecule has 0 fully saturated rings. The minimum Gasteiger partial charge on any atom is -0.383 e. The highest BCUT2D eigenvalue weighted by molar-refractivity contribution is 8.04. The molecular weight excluding hydrogens is 372 g/mol. The van der Waals surface area contributed by atoms with Crippen molar-refractivity contribution < 1.29 is 14.3 Å². The third-order valence-corrected chi connectivity index (χ3v) is 5.01. The quantitative estimate of drug-likeness (QED) is 0.604. The summed E-state index contributed by atoms with van der Waals surface area (Å²) in [5.74, 6) is -0.413. The van der Waals surface area contributed by atoms with Crippen LogP contribution in [-0.4, -0.2) is 32.1 Å². The highest BCUT2D eigenvalue weighted by Crippen LogP contribution is 2.39. The van der Waals surface area contributed by atoms with E-state index in [0.717, 1.165) is 10.5 Å². The third kappa shape index (κ3) is 4.46. The van der Waals surface area contributed by atoms with E-state index in [4.69, 9.17) is 16.3 Å². The molecule has 26 heavy (non-hydrogen) atoms. The first-order valence-electron chi connectivity index (χ1n) is 7.94. The zero-order valence-corrected chi connectivity index (χ0v) is 15.6. The average Bonchev–Trinajstić information content (AvgIpc) is 2.62. The number of carbonyl (C=O) groups excluding carboxylic acids is 2. The number of halogens is 1. The lowest BCUT2D eigenvalue weighted by Gasteiger charge is -2.19. The molecule has 2 aromatic rings. The van der Waals surface area contributed by atoms with Crippen molar-refractivity contribution in [3.05, 3.63) is 63.5 Å². The predicted molar refractivity (Wildman–Crippen MR) is 105 cm³/mol. The van der Waals surface area contributed by atoms with E-state index in [0.29, 0.717) is 34.3 Å². The minimum atomic E-state index is -0.209. The molecule has 1 heterocycles. The fourth-order valence-electron chi connectivity index (χ4n) is 2.42. The summed E-state index contributed by atoms with van der Waals surface area (Å²) in [7, 11) is 1.58. The summed E-state index contributed by atoms with van der Waals surface area (Å²) in [6.45, 7) is 0.876. The predicted octanol–water partition coefficient (Wildman–Crippen LogP) is 3.80. The molecule has 0 bridgehead atoms. The molecule has 134 valence electrons. The van der Waals surface area contributed by atoms with Gasteiger partial charge in [-0.2, -0.15) is 0 Å². The van der Waals surface area contributed by atoms with Crippen LogP contribution in [0.25, 0.3) is 6.08 Å². The molecule has 0 aromatic heterocycles. The third-order valence-electron chi connectivity index (χ3n) is 3.67. The van der Waals surface area contributed by atoms with Crippen LogP contribution in [0.5, 0.6) is 0 Å². The Morgan fingerprint density at radius 3 is 2.92 bits per heavy atom. The lowest BCUT2D eigenvalue weighted by atomic mass is 10.1. The normalized spacial score (nSPS) is 14.7. The summed E-state index contributed by atoms with van der Waals surface area (Å²) in [5.41, 5.74) is 1.97. The number of nitrogens with one attached hydrogen (secondary N) is 2. The van der Waals surface area contributed by atoms with Crippen LogP contribution in [0, 0.1) is 0 Å². The number of fused-ring (bicyclic) bond motifs is 1. The second-order valence-electron chi connectivity index (χ2n) is 5.58. The molecule has 2 amide bonds. The Hall–Kier alpha value is -2.28. The van der Waals surface area contributed by atoms with Crippen LogP contribution in [0.3, 0.4) is 0 Å². The monoisotopic (exact) mass is 388 g/mol. The largest absolute Gasteiger partial charge is 0.383 e. The van der Waals surface area contributed by atoms with Gasteiger partial charge in [0.15, 0.2) is 0 Å². The number of carbonyl (C=O) groups is 2. The van der Waals surface area contributed by atoms with Gasteiger partial charge in [-0.05, 0) is 42.0 Å². The molecule has 7 heteroatoms. The van der Waals surface area contributed by atoms with Gasteiger partial charge in [-0.1, -0.05) is 35.5 Å². The smallest absolute Gasteiger partial charge is 0.262 e. The fraction of sp³-hybridized carbons (Fsp3) is 0.158. The van der Waals surface area contributed by atoms with Crippen LogP contribution in [0.4, 0.5) is 5.69 Å². The van der Waals surface area contributed by atoms with Gasteiger partial charge in [-0.15, -0.1) is 0 Å². The molecule has 0 aliphatic carbocycles. The highest BCUT2D eigenvalue weighted by atomic mass is 35.5. The number of methoxy groups -OCH3 is 1. The Bertz CT molecular complexity index is 883. The highest BCUT2D eigenvalue weighted by Gasteiger charge is 2.22. The molecule has 2 aromatic carbocycles. The summed E-state index contributed by atoms with van der Waals surface area (Å²) in [4.78, 5) is 25.9. The summed E-state index contributed by atoms with van der Waals surface area (Å²) in [6.07, 6.45) is 1.79. The standard InChI is InChI=1S/C19H17ClN2O3S/c1-25-8-7-21-18(23)13-5-6-16-15(11-13)22-19(24)17(26-16)10-12-3-2-4-14(20)9-12/h2-6,9-11H,7-8H2,1H3,(H,21,23)(H,22,24)/b17-10+. The van der Waals surface area contributed by atoms with E-state index in [2.05, 4.69) is 10.6 Å². The van der Waals surface area contributed by atoms with E-state index >= 15 is 0 Å². The first-order valence-corrected chi connectivity index (χ1v) is 9.14. The molecule has 0 unspecified atom stereocenters. The Balaban J connectivity index is 1.78. The molecular formula is C19H17ClN2O3S. The van der Waals surface area contributed by atoms with E-state index in [1.807, 2.05) is 18.2 Å². The number of hydrogen-bond acceptors (Lipinski definition) is 4. The van der Waals surface area contributed by atoms with Gasteiger partial charge in [-0.3, -0.25) is 9.59 Å². The maximum atomic E-state index is 12.4. The first-order chi connectivity index (χ1) is 12.6. The van der Waals surface area contributed by atoms with Crippen molar-refractivity contribution >= 4 is 46.9 Å². The fourth-order valence-corrected chi connectivity index (χ4v) is 3.55. The summed E-state index contributed by atoms with van der Waals surface area (Å²) in [6, 6.07) is 12.5. The van der Waals surface area contributed by atoms with Gasteiger partial charge in [0.1, 0.15) is 0 Å². The van der Waals surface area contributed by atoms with Crippen LogP contribution in [-0.2, 0) is 9.53 Å². The zero-order valence-electron chi connectivity index (χ0n) is 14.0. The van der Waals surface area contributed by atoms with Crippen molar-refractivity contribution in [3.63, 3.8) is 0 Å². The molecule has 5 nitrogen and oxygen atoms in total. The topological polar surface area (TPSA) is 67.4 Å². The Morgan fingerprint density at radius 1 is 1.31 bits per heavy atom. The minimum absolute atomic E-state index is 0.204. The van der Waals surface area contributed by atoms with E-state index < -0.39 is 0 Å². The molecule has 0 spiro atoms. The summed E-state index contributed by atoms with van der Waals surface area (Å²) in [5, 5.41) is 6.21. The first kappa shape index (κ1) is 18.5. The number of benzene rings is 2. The lowest BCUT2D eigenvalue weighted by Crippen LogP contribution is -2.27. The van der Waals surface area contributed by atoms with E-state index in [9.17, 15) is 9.59 Å². The number of rotatable bonds is 5. The average molecular weight is 389 g/mol. The number of ether oxygens (including phenoxy) is 1. The molecule has 0 atom stereocenters. The van der Waals surface area contributed by atoms with E-state index in [-0.39, 0.29) is 11.8 Å². The van der Waals surface area contributed by atoms with Crippen molar-refractivity contribution in [3.8, 4) is 0 Å². The maximum Gasteiger partial charge on any atom is 0.262 e. The van der Waals surface area contributed by atoms with Crippen molar-refractivity contribution in [2.24, 2.45) is 0 Å². The second kappa shape index (κ2) is 8.40. The van der Waals surface area contributed by atoms with Gasteiger partial charge < -0.3 is 15.4 Å². The summed E-state index contributed by atoms with van der Waals surface area (Å²) < 4.78 is 4.91. The van der Waals surface area contributed by atoms with Crippen molar-refractivity contribution in [1.82, 2.24) is 5.32 Å². The number of hydrogen-bond donors (Lipinski definition) is 2. The summed E-state index contributed by atoms with van der Waals surface area (Å²) >= 11 is 7.35. The maximum absolute atomic E-state index is 12.4. The van der Waals surface area contributed by atoms with E-state index in [1.54, 1.807) is 37.5 Å². The Kier molecular flexibility index (Phi) is 5.98. The van der Waals surface area contributed by atoms with Gasteiger partial charge in [0.2, 0.25) is 0 Å². The van der Waals surface area contributed by atoms with Crippen LogP contribution in [0.15, 0.2) is 52.3 Å². The Labute approximate surface area is 160 Å². The van der Waals surface area contributed by atoms with Crippen molar-refractivity contribution in [1.29, 1.82) is 0 Å². The molecule has 1 aliphatic rings. The zero-order chi connectivity index (χ0) is 18.5. The molecule has 2 N–H and O–H groups in total. The Morgan fingerprint density at radius 2 is 2.15 bits per heavy atom. The van der Waals surface area contributed by atoms with E-state index in [1.165, 1.54) is 11.8 Å². The molecule has 0 radical (unpaired) electrons. The van der Waals surface area contributed by atoms with Crippen LogP contribution >= 0.6 is 23.4 Å². The van der Waals surface area contributed by atoms with Crippen LogP contribution < -0.4 is 10.6 Å². The van der Waals surface area contributed by atoms with Crippen molar-refractivity contribution in [2.75, 3.05) is 25.6 Å². The van der Waals surface area contributed by atoms with Crippen LogP contribution in [0.2, 0.25) is 5.02 Å². The number of thioether (sulfide) groups is 1. The van der Waals surface area contributed by atoms with Gasteiger partial charge >= 0.3 is 0 Å². The lowest BCUT2D eigenvalue weighted by molar-refractivity contribution is -0.112. The van der Waals surface area contributed by atoms with Gasteiger partial charge in [0.25, 0.3) is 11.8 Å². The number of amides is 2. The number of anilines is 1. The van der Waals surface area contributed by atoms with Gasteiger partial charge in [0, 0.05) is 29.1 Å². The van der Waals surface area contributed by atoms with Gasteiger partial charge in [-0.25, -0.2) is 0 Å². The SMILES string of the molecule is COCCNC(=O)c1ccc2c(c1)NC(=O)/C(=C\c1cccc(Cl)c1)S2. The molecule has 0 saturated carbocycles. The van der Waals surface area contributed by atoms with Crippen LogP contribution in [0.1, 0.15) is 15.9 Å². The van der Waals surface area contributed by atoms with Crippen molar-refractivity contribution in [2.45, 2.75) is 4.90 Å². The molecule has 0 saturated heterocycles. The molecule has 1 aliphatic heterocycles. The van der Waals surface area contributed by atoms with Gasteiger partial charge in [0.05, 0.1) is 17.2 Å².